The van der Waals surface area contributed by atoms with Gasteiger partial charge in [0.1, 0.15) is 11.9 Å². The van der Waals surface area contributed by atoms with Gasteiger partial charge in [-0.05, 0) is 67.2 Å². The maximum Gasteiger partial charge on any atom is 0.120 e. The largest absolute Gasteiger partial charge is 0.489 e. The normalized spacial score (nSPS) is 29.0. The number of benzene rings is 1. The van der Waals surface area contributed by atoms with Crippen LogP contribution in [0, 0.1) is 5.41 Å². The Balaban J connectivity index is 1.74. The fourth-order valence-electron chi connectivity index (χ4n) is 3.45. The quantitative estimate of drug-likeness (QED) is 0.882. The lowest BCUT2D eigenvalue weighted by Crippen LogP contribution is -2.42. The average molecular weight is 259 g/mol. The summed E-state index contributed by atoms with van der Waals surface area (Å²) < 4.78 is 6.16. The van der Waals surface area contributed by atoms with Crippen LogP contribution in [0.3, 0.4) is 0 Å². The third-order valence-corrected chi connectivity index (χ3v) is 4.98. The van der Waals surface area contributed by atoms with Gasteiger partial charge in [-0.15, -0.1) is 0 Å². The van der Waals surface area contributed by atoms with E-state index in [1.807, 2.05) is 0 Å². The lowest BCUT2D eigenvalue weighted by Gasteiger charge is -2.27. The van der Waals surface area contributed by atoms with E-state index in [2.05, 4.69) is 32.0 Å². The van der Waals surface area contributed by atoms with Crippen LogP contribution in [0.1, 0.15) is 50.7 Å². The maximum absolute atomic E-state index is 6.32. The predicted molar refractivity (Wildman–Crippen MR) is 78.5 cm³/mol. The molecule has 0 radical (unpaired) electrons. The standard InChI is InChI=1S/C17H25NO/c1-17(2)10-9-15(16(17)18)19-14-8-7-12-5-3-4-6-13(12)11-14/h7-8,11,15-16H,3-6,9-10,18H2,1-2H3. The highest BCUT2D eigenvalue weighted by atomic mass is 16.5. The van der Waals surface area contributed by atoms with Crippen molar-refractivity contribution in [3.05, 3.63) is 29.3 Å². The van der Waals surface area contributed by atoms with Crippen molar-refractivity contribution in [3.8, 4) is 5.75 Å². The first-order valence-electron chi connectivity index (χ1n) is 7.60. The minimum absolute atomic E-state index is 0.142. The molecule has 104 valence electrons. The van der Waals surface area contributed by atoms with Gasteiger partial charge in [-0.2, -0.15) is 0 Å². The molecule has 2 heteroatoms. The van der Waals surface area contributed by atoms with Crippen LogP contribution in [0.4, 0.5) is 0 Å². The number of aryl methyl sites for hydroxylation is 2. The highest BCUT2D eigenvalue weighted by molar-refractivity contribution is 5.37. The number of fused-ring (bicyclic) bond motifs is 1. The maximum atomic E-state index is 6.32. The lowest BCUT2D eigenvalue weighted by atomic mass is 9.87. The van der Waals surface area contributed by atoms with Crippen molar-refractivity contribution in [1.29, 1.82) is 0 Å². The summed E-state index contributed by atoms with van der Waals surface area (Å²) in [5, 5.41) is 0. The van der Waals surface area contributed by atoms with E-state index in [1.165, 1.54) is 36.8 Å². The smallest absolute Gasteiger partial charge is 0.120 e. The molecule has 0 spiro atoms. The monoisotopic (exact) mass is 259 g/mol. The van der Waals surface area contributed by atoms with E-state index in [4.69, 9.17) is 10.5 Å². The van der Waals surface area contributed by atoms with E-state index >= 15 is 0 Å². The fourth-order valence-corrected chi connectivity index (χ4v) is 3.45. The molecule has 19 heavy (non-hydrogen) atoms. The number of ether oxygens (including phenoxy) is 1. The highest BCUT2D eigenvalue weighted by Crippen LogP contribution is 2.38. The van der Waals surface area contributed by atoms with Crippen molar-refractivity contribution >= 4 is 0 Å². The second-order valence-electron chi connectivity index (χ2n) is 6.85. The molecule has 0 amide bonds. The van der Waals surface area contributed by atoms with E-state index in [9.17, 15) is 0 Å². The van der Waals surface area contributed by atoms with Gasteiger partial charge in [0.2, 0.25) is 0 Å². The summed E-state index contributed by atoms with van der Waals surface area (Å²) >= 11 is 0. The molecule has 2 aliphatic carbocycles. The molecule has 0 saturated heterocycles. The number of rotatable bonds is 2. The molecule has 3 rings (SSSR count). The van der Waals surface area contributed by atoms with Crippen LogP contribution in [0.15, 0.2) is 18.2 Å². The van der Waals surface area contributed by atoms with Gasteiger partial charge in [0.25, 0.3) is 0 Å². The summed E-state index contributed by atoms with van der Waals surface area (Å²) in [4.78, 5) is 0. The van der Waals surface area contributed by atoms with E-state index in [1.54, 1.807) is 0 Å². The minimum Gasteiger partial charge on any atom is -0.489 e. The van der Waals surface area contributed by atoms with Gasteiger partial charge in [0, 0.05) is 6.04 Å². The van der Waals surface area contributed by atoms with Crippen LogP contribution in [0.5, 0.6) is 5.75 Å². The molecule has 2 aliphatic rings. The lowest BCUT2D eigenvalue weighted by molar-refractivity contribution is 0.164. The topological polar surface area (TPSA) is 35.2 Å². The van der Waals surface area contributed by atoms with Gasteiger partial charge in [0.05, 0.1) is 0 Å². The van der Waals surface area contributed by atoms with E-state index in [0.717, 1.165) is 18.6 Å². The molecule has 1 fully saturated rings. The Morgan fingerprint density at radius 3 is 2.58 bits per heavy atom. The Hall–Kier alpha value is -1.02. The van der Waals surface area contributed by atoms with Gasteiger partial charge in [-0.25, -0.2) is 0 Å². The van der Waals surface area contributed by atoms with Gasteiger partial charge in [-0.1, -0.05) is 19.9 Å². The third-order valence-electron chi connectivity index (χ3n) is 4.98. The summed E-state index contributed by atoms with van der Waals surface area (Å²) in [7, 11) is 0. The summed E-state index contributed by atoms with van der Waals surface area (Å²) in [6, 6.07) is 6.76. The summed E-state index contributed by atoms with van der Waals surface area (Å²) in [5.74, 6) is 1.01. The second kappa shape index (κ2) is 4.82. The molecule has 1 aromatic carbocycles. The molecule has 0 aliphatic heterocycles. The summed E-state index contributed by atoms with van der Waals surface area (Å²) in [5.41, 5.74) is 9.51. The molecule has 1 saturated carbocycles. The highest BCUT2D eigenvalue weighted by Gasteiger charge is 2.40. The van der Waals surface area contributed by atoms with Crippen LogP contribution >= 0.6 is 0 Å². The average Bonchev–Trinajstić information content (AvgIpc) is 2.66. The zero-order chi connectivity index (χ0) is 13.5. The van der Waals surface area contributed by atoms with E-state index < -0.39 is 0 Å². The second-order valence-corrected chi connectivity index (χ2v) is 6.85. The van der Waals surface area contributed by atoms with E-state index in [-0.39, 0.29) is 17.6 Å². The van der Waals surface area contributed by atoms with Crippen LogP contribution in [0.2, 0.25) is 0 Å². The molecule has 0 bridgehead atoms. The zero-order valence-corrected chi connectivity index (χ0v) is 12.1. The van der Waals surface area contributed by atoms with E-state index in [0.29, 0.717) is 0 Å². The van der Waals surface area contributed by atoms with Crippen LogP contribution in [-0.4, -0.2) is 12.1 Å². The summed E-state index contributed by atoms with van der Waals surface area (Å²) in [6.45, 7) is 4.49. The van der Waals surface area contributed by atoms with Crippen molar-refractivity contribution < 1.29 is 4.74 Å². The first-order chi connectivity index (χ1) is 9.06. The van der Waals surface area contributed by atoms with Crippen molar-refractivity contribution in [1.82, 2.24) is 0 Å². The molecule has 1 aromatic rings. The van der Waals surface area contributed by atoms with Crippen LogP contribution < -0.4 is 10.5 Å². The predicted octanol–water partition coefficient (Wildman–Crippen LogP) is 3.46. The summed E-state index contributed by atoms with van der Waals surface area (Å²) in [6.07, 6.45) is 7.48. The first kappa shape index (κ1) is 13.0. The first-order valence-corrected chi connectivity index (χ1v) is 7.60. The Kier molecular flexibility index (Phi) is 3.30. The SMILES string of the molecule is CC1(C)CCC(Oc2ccc3c(c2)CCCC3)C1N. The van der Waals surface area contributed by atoms with Gasteiger partial charge in [-0.3, -0.25) is 0 Å². The Morgan fingerprint density at radius 2 is 1.89 bits per heavy atom. The molecule has 0 heterocycles. The third kappa shape index (κ3) is 2.51. The van der Waals surface area contributed by atoms with Crippen LogP contribution in [-0.2, 0) is 12.8 Å². The van der Waals surface area contributed by atoms with Gasteiger partial charge >= 0.3 is 0 Å². The van der Waals surface area contributed by atoms with Crippen LogP contribution in [0.25, 0.3) is 0 Å². The Morgan fingerprint density at radius 1 is 1.16 bits per heavy atom. The van der Waals surface area contributed by atoms with Crippen molar-refractivity contribution in [3.63, 3.8) is 0 Å². The number of nitrogens with two attached hydrogens (primary N) is 1. The molecule has 2 N–H and O–H groups in total. The molecule has 2 nitrogen and oxygen atoms in total. The Labute approximate surface area is 116 Å². The molecular formula is C17H25NO. The van der Waals surface area contributed by atoms with Gasteiger partial charge in [0.15, 0.2) is 0 Å². The van der Waals surface area contributed by atoms with Crippen molar-refractivity contribution in [2.45, 2.75) is 64.5 Å². The molecule has 2 atom stereocenters. The van der Waals surface area contributed by atoms with Crippen molar-refractivity contribution in [2.24, 2.45) is 11.1 Å². The van der Waals surface area contributed by atoms with Crippen molar-refractivity contribution in [2.75, 3.05) is 0 Å². The number of hydrogen-bond donors (Lipinski definition) is 1. The zero-order valence-electron chi connectivity index (χ0n) is 12.1. The number of hydrogen-bond acceptors (Lipinski definition) is 2. The molecule has 0 aromatic heterocycles. The van der Waals surface area contributed by atoms with Gasteiger partial charge < -0.3 is 10.5 Å². The molecular weight excluding hydrogens is 234 g/mol. The fraction of sp³-hybridized carbons (Fsp3) is 0.647. The minimum atomic E-state index is 0.142. The molecule has 2 unspecified atom stereocenters. The Bertz CT molecular complexity index is 466.